The fourth-order valence-electron chi connectivity index (χ4n) is 0.982. The summed E-state index contributed by atoms with van der Waals surface area (Å²) >= 11 is 0. The SMILES string of the molecule is COCc1ccc(S(=O)(=O)O)cc1O. The van der Waals surface area contributed by atoms with E-state index in [1.165, 1.54) is 19.2 Å². The van der Waals surface area contributed by atoms with Crippen molar-refractivity contribution in [2.45, 2.75) is 11.5 Å². The predicted octanol–water partition coefficient (Wildman–Crippen LogP) is 0.785. The lowest BCUT2D eigenvalue weighted by molar-refractivity contribution is 0.182. The van der Waals surface area contributed by atoms with Crippen LogP contribution in [0.15, 0.2) is 23.1 Å². The summed E-state index contributed by atoms with van der Waals surface area (Å²) in [6, 6.07) is 3.55. The molecule has 0 aliphatic carbocycles. The second kappa shape index (κ2) is 3.95. The third-order valence-corrected chi connectivity index (χ3v) is 2.50. The zero-order valence-corrected chi connectivity index (χ0v) is 8.28. The quantitative estimate of drug-likeness (QED) is 0.732. The van der Waals surface area contributed by atoms with Gasteiger partial charge >= 0.3 is 0 Å². The van der Waals surface area contributed by atoms with Crippen molar-refractivity contribution in [3.8, 4) is 5.75 Å². The summed E-state index contributed by atoms with van der Waals surface area (Å²) in [6.45, 7) is 0.178. The van der Waals surface area contributed by atoms with Crippen LogP contribution < -0.4 is 0 Å². The van der Waals surface area contributed by atoms with Crippen molar-refractivity contribution in [1.82, 2.24) is 0 Å². The van der Waals surface area contributed by atoms with Gasteiger partial charge < -0.3 is 9.84 Å². The van der Waals surface area contributed by atoms with E-state index in [-0.39, 0.29) is 17.3 Å². The molecule has 0 heterocycles. The lowest BCUT2D eigenvalue weighted by Crippen LogP contribution is -1.98. The van der Waals surface area contributed by atoms with E-state index >= 15 is 0 Å². The number of hydrogen-bond acceptors (Lipinski definition) is 4. The van der Waals surface area contributed by atoms with Gasteiger partial charge in [-0.2, -0.15) is 8.42 Å². The zero-order chi connectivity index (χ0) is 10.8. The van der Waals surface area contributed by atoms with E-state index in [4.69, 9.17) is 9.29 Å². The monoisotopic (exact) mass is 218 g/mol. The van der Waals surface area contributed by atoms with Gasteiger partial charge in [-0.1, -0.05) is 6.07 Å². The van der Waals surface area contributed by atoms with Crippen LogP contribution in [0.3, 0.4) is 0 Å². The minimum atomic E-state index is -4.26. The van der Waals surface area contributed by atoms with Gasteiger partial charge in [0.15, 0.2) is 0 Å². The Bertz CT molecular complexity index is 423. The molecule has 0 bridgehead atoms. The van der Waals surface area contributed by atoms with Crippen molar-refractivity contribution < 1.29 is 22.8 Å². The van der Waals surface area contributed by atoms with Crippen LogP contribution in [0.5, 0.6) is 5.75 Å². The molecular weight excluding hydrogens is 208 g/mol. The van der Waals surface area contributed by atoms with Gasteiger partial charge in [0.25, 0.3) is 10.1 Å². The van der Waals surface area contributed by atoms with Crippen molar-refractivity contribution in [3.63, 3.8) is 0 Å². The molecule has 2 N–H and O–H groups in total. The molecule has 5 nitrogen and oxygen atoms in total. The summed E-state index contributed by atoms with van der Waals surface area (Å²) in [5.41, 5.74) is 0.458. The smallest absolute Gasteiger partial charge is 0.294 e. The van der Waals surface area contributed by atoms with Gasteiger partial charge in [0, 0.05) is 18.7 Å². The van der Waals surface area contributed by atoms with E-state index in [2.05, 4.69) is 0 Å². The number of ether oxygens (including phenoxy) is 1. The minimum absolute atomic E-state index is 0.178. The van der Waals surface area contributed by atoms with Crippen molar-refractivity contribution in [2.24, 2.45) is 0 Å². The molecule has 1 aromatic rings. The summed E-state index contributed by atoms with van der Waals surface area (Å²) in [4.78, 5) is -0.338. The van der Waals surface area contributed by atoms with Crippen molar-refractivity contribution in [2.75, 3.05) is 7.11 Å². The average Bonchev–Trinajstić information content (AvgIpc) is 2.07. The number of aromatic hydroxyl groups is 1. The Morgan fingerprint density at radius 2 is 2.07 bits per heavy atom. The van der Waals surface area contributed by atoms with E-state index in [1.807, 2.05) is 0 Å². The first-order chi connectivity index (χ1) is 6.45. The molecule has 0 aliphatic rings. The molecule has 78 valence electrons. The first-order valence-corrected chi connectivity index (χ1v) is 5.17. The molecule has 0 saturated carbocycles. The third kappa shape index (κ3) is 2.44. The van der Waals surface area contributed by atoms with Gasteiger partial charge in [0.2, 0.25) is 0 Å². The van der Waals surface area contributed by atoms with Gasteiger partial charge in [-0.15, -0.1) is 0 Å². The first kappa shape index (κ1) is 11.0. The Morgan fingerprint density at radius 3 is 2.50 bits per heavy atom. The highest BCUT2D eigenvalue weighted by atomic mass is 32.2. The van der Waals surface area contributed by atoms with Crippen molar-refractivity contribution >= 4 is 10.1 Å². The fraction of sp³-hybridized carbons (Fsp3) is 0.250. The number of methoxy groups -OCH3 is 1. The molecule has 1 rings (SSSR count). The molecule has 0 saturated heterocycles. The molecule has 0 unspecified atom stereocenters. The van der Waals surface area contributed by atoms with Crippen LogP contribution in [0.2, 0.25) is 0 Å². The van der Waals surface area contributed by atoms with Crippen molar-refractivity contribution in [1.29, 1.82) is 0 Å². The van der Waals surface area contributed by atoms with E-state index in [0.717, 1.165) is 6.07 Å². The van der Waals surface area contributed by atoms with E-state index < -0.39 is 10.1 Å². The summed E-state index contributed by atoms with van der Waals surface area (Å²) in [5.74, 6) is -0.220. The standard InChI is InChI=1S/C8H10O5S/c1-13-5-6-2-3-7(4-8(6)9)14(10,11)12/h2-4,9H,5H2,1H3,(H,10,11,12). The molecule has 0 fully saturated rings. The van der Waals surface area contributed by atoms with Gasteiger partial charge in [0.05, 0.1) is 11.5 Å². The lowest BCUT2D eigenvalue weighted by atomic mass is 10.2. The Hall–Kier alpha value is -1.11. The molecule has 0 aromatic heterocycles. The van der Waals surface area contributed by atoms with Crippen LogP contribution in [0, 0.1) is 0 Å². The zero-order valence-electron chi connectivity index (χ0n) is 7.47. The maximum Gasteiger partial charge on any atom is 0.294 e. The Labute approximate surface area is 81.7 Å². The topological polar surface area (TPSA) is 83.8 Å². The number of rotatable bonds is 3. The van der Waals surface area contributed by atoms with Crippen LogP contribution in [0.25, 0.3) is 0 Å². The van der Waals surface area contributed by atoms with Gasteiger partial charge in [-0.3, -0.25) is 4.55 Å². The second-order valence-corrected chi connectivity index (χ2v) is 4.12. The highest BCUT2D eigenvalue weighted by molar-refractivity contribution is 7.85. The van der Waals surface area contributed by atoms with E-state index in [1.54, 1.807) is 0 Å². The third-order valence-electron chi connectivity index (χ3n) is 1.65. The molecular formula is C8H10O5S. The van der Waals surface area contributed by atoms with Gasteiger partial charge in [-0.05, 0) is 6.07 Å². The largest absolute Gasteiger partial charge is 0.508 e. The fourth-order valence-corrected chi connectivity index (χ4v) is 1.48. The summed E-state index contributed by atoms with van der Waals surface area (Å²) < 4.78 is 34.8. The summed E-state index contributed by atoms with van der Waals surface area (Å²) in [7, 11) is -2.80. The molecule has 14 heavy (non-hydrogen) atoms. The normalized spacial score (nSPS) is 11.6. The maximum atomic E-state index is 10.7. The van der Waals surface area contributed by atoms with Crippen LogP contribution in [0.4, 0.5) is 0 Å². The molecule has 0 spiro atoms. The highest BCUT2D eigenvalue weighted by Gasteiger charge is 2.11. The van der Waals surface area contributed by atoms with Gasteiger partial charge in [-0.25, -0.2) is 0 Å². The maximum absolute atomic E-state index is 10.7. The number of benzene rings is 1. The van der Waals surface area contributed by atoms with E-state index in [0.29, 0.717) is 5.56 Å². The molecule has 0 atom stereocenters. The number of hydrogen-bond donors (Lipinski definition) is 2. The highest BCUT2D eigenvalue weighted by Crippen LogP contribution is 2.21. The first-order valence-electron chi connectivity index (χ1n) is 3.73. The summed E-state index contributed by atoms with van der Waals surface area (Å²) in [5, 5.41) is 9.33. The molecule has 0 aliphatic heterocycles. The van der Waals surface area contributed by atoms with E-state index in [9.17, 15) is 13.5 Å². The Balaban J connectivity index is 3.13. The molecule has 1 aromatic carbocycles. The number of phenols is 1. The van der Waals surface area contributed by atoms with Gasteiger partial charge in [0.1, 0.15) is 5.75 Å². The van der Waals surface area contributed by atoms with Crippen LogP contribution >= 0.6 is 0 Å². The summed E-state index contributed by atoms with van der Waals surface area (Å²) in [6.07, 6.45) is 0. The number of phenolic OH excluding ortho intramolecular Hbond substituents is 1. The van der Waals surface area contributed by atoms with Crippen LogP contribution in [-0.4, -0.2) is 25.2 Å². The predicted molar refractivity (Wildman–Crippen MR) is 48.6 cm³/mol. The Kier molecular flexibility index (Phi) is 3.10. The van der Waals surface area contributed by atoms with Crippen LogP contribution in [0.1, 0.15) is 5.56 Å². The van der Waals surface area contributed by atoms with Crippen molar-refractivity contribution in [3.05, 3.63) is 23.8 Å². The Morgan fingerprint density at radius 1 is 1.43 bits per heavy atom. The molecule has 6 heteroatoms. The molecule has 0 amide bonds. The lowest BCUT2D eigenvalue weighted by Gasteiger charge is -2.04. The second-order valence-electron chi connectivity index (χ2n) is 2.70. The van der Waals surface area contributed by atoms with Crippen LogP contribution in [-0.2, 0) is 21.5 Å². The minimum Gasteiger partial charge on any atom is -0.508 e. The molecule has 0 radical (unpaired) electrons. The average molecular weight is 218 g/mol.